The number of hydrogen-bond acceptors (Lipinski definition) is 3. The predicted octanol–water partition coefficient (Wildman–Crippen LogP) is 4.93. The van der Waals surface area contributed by atoms with Gasteiger partial charge < -0.3 is 0 Å². The zero-order valence-electron chi connectivity index (χ0n) is 14.8. The van der Waals surface area contributed by atoms with Gasteiger partial charge in [0.05, 0.1) is 28.5 Å². The standard InChI is InChI=1S/C18H15Cl2F2N3O2S/c1-10-18(24-28(26,27)14-5-6-16(21)17(22)8-14)11(2)25(23-10)9-12-3-4-13(19)7-15(12)20/h3-8,24H,9H2,1-2H3. The molecule has 0 saturated carbocycles. The van der Waals surface area contributed by atoms with Crippen LogP contribution in [-0.2, 0) is 16.6 Å². The van der Waals surface area contributed by atoms with Crippen LogP contribution in [0.1, 0.15) is 17.0 Å². The van der Waals surface area contributed by atoms with Gasteiger partial charge in [0.25, 0.3) is 10.0 Å². The molecule has 1 aromatic heterocycles. The van der Waals surface area contributed by atoms with E-state index in [9.17, 15) is 17.2 Å². The third kappa shape index (κ3) is 4.14. The Morgan fingerprint density at radius 1 is 1.07 bits per heavy atom. The second-order valence-corrected chi connectivity index (χ2v) is 8.65. The molecule has 0 aliphatic rings. The van der Waals surface area contributed by atoms with Crippen LogP contribution >= 0.6 is 23.2 Å². The van der Waals surface area contributed by atoms with Gasteiger partial charge in [0, 0.05) is 10.0 Å². The van der Waals surface area contributed by atoms with Crippen molar-refractivity contribution in [1.29, 1.82) is 0 Å². The molecule has 1 N–H and O–H groups in total. The van der Waals surface area contributed by atoms with E-state index < -0.39 is 26.6 Å². The minimum Gasteiger partial charge on any atom is -0.276 e. The largest absolute Gasteiger partial charge is 0.276 e. The van der Waals surface area contributed by atoms with Crippen molar-refractivity contribution >= 4 is 38.9 Å². The van der Waals surface area contributed by atoms with Crippen LogP contribution in [0.15, 0.2) is 41.3 Å². The zero-order valence-corrected chi connectivity index (χ0v) is 17.1. The maximum atomic E-state index is 13.4. The lowest BCUT2D eigenvalue weighted by atomic mass is 10.2. The van der Waals surface area contributed by atoms with E-state index in [1.54, 1.807) is 36.7 Å². The summed E-state index contributed by atoms with van der Waals surface area (Å²) in [6.45, 7) is 3.62. The van der Waals surface area contributed by atoms with E-state index in [0.717, 1.165) is 17.7 Å². The first-order chi connectivity index (χ1) is 13.1. The lowest BCUT2D eigenvalue weighted by molar-refractivity contribution is 0.504. The van der Waals surface area contributed by atoms with Gasteiger partial charge in [-0.05, 0) is 49.7 Å². The molecule has 0 radical (unpaired) electrons. The quantitative estimate of drug-likeness (QED) is 0.604. The summed E-state index contributed by atoms with van der Waals surface area (Å²) in [7, 11) is -4.12. The minimum atomic E-state index is -4.12. The fourth-order valence-electron chi connectivity index (χ4n) is 2.65. The molecule has 1 heterocycles. The Kier molecular flexibility index (Phi) is 5.65. The molecule has 0 fully saturated rings. The van der Waals surface area contributed by atoms with Crippen molar-refractivity contribution in [2.24, 2.45) is 0 Å². The van der Waals surface area contributed by atoms with Crippen LogP contribution in [0.25, 0.3) is 0 Å². The van der Waals surface area contributed by atoms with E-state index in [-0.39, 0.29) is 5.69 Å². The minimum absolute atomic E-state index is 0.259. The van der Waals surface area contributed by atoms with E-state index in [2.05, 4.69) is 9.82 Å². The van der Waals surface area contributed by atoms with E-state index in [1.807, 2.05) is 0 Å². The summed E-state index contributed by atoms with van der Waals surface area (Å²) in [5, 5.41) is 5.31. The molecule has 0 unspecified atom stereocenters. The molecule has 5 nitrogen and oxygen atoms in total. The molecule has 0 aliphatic carbocycles. The Morgan fingerprint density at radius 3 is 2.43 bits per heavy atom. The van der Waals surface area contributed by atoms with Gasteiger partial charge in [0.15, 0.2) is 11.6 Å². The van der Waals surface area contributed by atoms with Crippen LogP contribution in [0.3, 0.4) is 0 Å². The van der Waals surface area contributed by atoms with Gasteiger partial charge in [-0.1, -0.05) is 29.3 Å². The van der Waals surface area contributed by atoms with Crippen molar-refractivity contribution in [3.8, 4) is 0 Å². The lowest BCUT2D eigenvalue weighted by Crippen LogP contribution is -2.15. The smallest absolute Gasteiger partial charge is 0.262 e. The van der Waals surface area contributed by atoms with Crippen molar-refractivity contribution in [2.45, 2.75) is 25.3 Å². The summed E-state index contributed by atoms with van der Waals surface area (Å²) in [4.78, 5) is -0.390. The Bertz CT molecular complexity index is 1160. The van der Waals surface area contributed by atoms with Crippen LogP contribution in [0, 0.1) is 25.5 Å². The summed E-state index contributed by atoms with van der Waals surface area (Å²) in [6, 6.07) is 7.43. The Morgan fingerprint density at radius 2 is 1.79 bits per heavy atom. The number of sulfonamides is 1. The van der Waals surface area contributed by atoms with Crippen LogP contribution in [0.4, 0.5) is 14.5 Å². The van der Waals surface area contributed by atoms with Crippen LogP contribution in [0.2, 0.25) is 10.0 Å². The highest BCUT2D eigenvalue weighted by molar-refractivity contribution is 7.92. The molecule has 3 aromatic rings. The highest BCUT2D eigenvalue weighted by Gasteiger charge is 2.21. The number of nitrogens with one attached hydrogen (secondary N) is 1. The Hall–Kier alpha value is -2.16. The topological polar surface area (TPSA) is 64.0 Å². The summed E-state index contributed by atoms with van der Waals surface area (Å²) in [5.41, 5.74) is 1.98. The van der Waals surface area contributed by atoms with Gasteiger partial charge in [0.1, 0.15) is 0 Å². The molecular weight excluding hydrogens is 431 g/mol. The number of benzene rings is 2. The average Bonchev–Trinajstić information content (AvgIpc) is 2.87. The molecule has 0 saturated heterocycles. The van der Waals surface area contributed by atoms with E-state index in [1.165, 1.54) is 0 Å². The van der Waals surface area contributed by atoms with Crippen LogP contribution < -0.4 is 4.72 Å². The van der Waals surface area contributed by atoms with Gasteiger partial charge in [-0.3, -0.25) is 9.40 Å². The van der Waals surface area contributed by atoms with Crippen LogP contribution in [0.5, 0.6) is 0 Å². The van der Waals surface area contributed by atoms with E-state index >= 15 is 0 Å². The van der Waals surface area contributed by atoms with Crippen molar-refractivity contribution in [3.05, 3.63) is 75.0 Å². The first-order valence-electron chi connectivity index (χ1n) is 8.04. The third-order valence-corrected chi connectivity index (χ3v) is 6.09. The maximum absolute atomic E-state index is 13.4. The molecule has 0 amide bonds. The third-order valence-electron chi connectivity index (χ3n) is 4.15. The molecular formula is C18H15Cl2F2N3O2S. The van der Waals surface area contributed by atoms with Crippen molar-refractivity contribution < 1.29 is 17.2 Å². The average molecular weight is 446 g/mol. The predicted molar refractivity (Wildman–Crippen MR) is 104 cm³/mol. The number of anilines is 1. The van der Waals surface area contributed by atoms with Gasteiger partial charge in [-0.15, -0.1) is 0 Å². The summed E-state index contributed by atoms with van der Waals surface area (Å²) >= 11 is 12.1. The highest BCUT2D eigenvalue weighted by atomic mass is 35.5. The molecule has 28 heavy (non-hydrogen) atoms. The van der Waals surface area contributed by atoms with E-state index in [4.69, 9.17) is 23.2 Å². The summed E-state index contributed by atoms with van der Waals surface area (Å²) in [6.07, 6.45) is 0. The van der Waals surface area contributed by atoms with Crippen molar-refractivity contribution in [2.75, 3.05) is 4.72 Å². The molecule has 2 aromatic carbocycles. The first kappa shape index (κ1) is 20.6. The molecule has 0 bridgehead atoms. The molecule has 148 valence electrons. The molecule has 10 heteroatoms. The number of nitrogens with zero attached hydrogens (tertiary/aromatic N) is 2. The monoisotopic (exact) mass is 445 g/mol. The maximum Gasteiger partial charge on any atom is 0.262 e. The van der Waals surface area contributed by atoms with Gasteiger partial charge in [0.2, 0.25) is 0 Å². The summed E-state index contributed by atoms with van der Waals surface area (Å²) in [5.74, 6) is -2.37. The van der Waals surface area contributed by atoms with Gasteiger partial charge in [-0.25, -0.2) is 17.2 Å². The number of halogens is 4. The zero-order chi connectivity index (χ0) is 20.6. The Balaban J connectivity index is 1.92. The number of aryl methyl sites for hydroxylation is 1. The second-order valence-electron chi connectivity index (χ2n) is 6.12. The van der Waals surface area contributed by atoms with E-state index in [0.29, 0.717) is 34.0 Å². The fourth-order valence-corrected chi connectivity index (χ4v) is 4.30. The molecule has 0 spiro atoms. The van der Waals surface area contributed by atoms with Gasteiger partial charge >= 0.3 is 0 Å². The lowest BCUT2D eigenvalue weighted by Gasteiger charge is -2.10. The number of hydrogen-bond donors (Lipinski definition) is 1. The van der Waals surface area contributed by atoms with Gasteiger partial charge in [-0.2, -0.15) is 5.10 Å². The first-order valence-corrected chi connectivity index (χ1v) is 10.3. The Labute approximate surface area is 170 Å². The molecule has 3 rings (SSSR count). The van der Waals surface area contributed by atoms with Crippen LogP contribution in [-0.4, -0.2) is 18.2 Å². The summed E-state index contributed by atoms with van der Waals surface area (Å²) < 4.78 is 55.6. The second kappa shape index (κ2) is 7.69. The molecule has 0 atom stereocenters. The van der Waals surface area contributed by atoms with Crippen molar-refractivity contribution in [1.82, 2.24) is 9.78 Å². The molecule has 0 aliphatic heterocycles. The normalized spacial score (nSPS) is 11.6. The van der Waals surface area contributed by atoms with Crippen molar-refractivity contribution in [3.63, 3.8) is 0 Å². The highest BCUT2D eigenvalue weighted by Crippen LogP contribution is 2.27. The SMILES string of the molecule is Cc1nn(Cc2ccc(Cl)cc2Cl)c(C)c1NS(=O)(=O)c1ccc(F)c(F)c1. The fraction of sp³-hybridized carbons (Fsp3) is 0.167. The number of rotatable bonds is 5. The number of aromatic nitrogens is 2.